The van der Waals surface area contributed by atoms with E-state index in [1.807, 2.05) is 6.07 Å². The van der Waals surface area contributed by atoms with Gasteiger partial charge in [-0.25, -0.2) is 4.98 Å². The molecule has 3 nitrogen and oxygen atoms in total. The van der Waals surface area contributed by atoms with Gasteiger partial charge in [0.25, 0.3) is 0 Å². The van der Waals surface area contributed by atoms with Gasteiger partial charge < -0.3 is 4.42 Å². The number of rotatable bonds is 1. The maximum absolute atomic E-state index is 6.61. The number of para-hydroxylation sites is 2. The molecule has 0 saturated heterocycles. The van der Waals surface area contributed by atoms with Gasteiger partial charge >= 0.3 is 0 Å². The number of hydrogen-bond acceptors (Lipinski definition) is 2. The minimum Gasteiger partial charge on any atom is -0.454 e. The predicted molar refractivity (Wildman–Crippen MR) is 165 cm³/mol. The van der Waals surface area contributed by atoms with E-state index >= 15 is 0 Å². The number of benzene rings is 6. The highest BCUT2D eigenvalue weighted by atomic mass is 16.3. The van der Waals surface area contributed by atoms with Crippen LogP contribution in [0, 0.1) is 0 Å². The van der Waals surface area contributed by atoms with Crippen LogP contribution in [0.2, 0.25) is 0 Å². The van der Waals surface area contributed by atoms with E-state index < -0.39 is 0 Å². The van der Waals surface area contributed by atoms with Gasteiger partial charge in [0.1, 0.15) is 16.7 Å². The van der Waals surface area contributed by atoms with Crippen LogP contribution in [-0.4, -0.2) is 9.38 Å². The van der Waals surface area contributed by atoms with Crippen LogP contribution in [0.25, 0.3) is 93.7 Å². The van der Waals surface area contributed by atoms with E-state index in [-0.39, 0.29) is 0 Å². The van der Waals surface area contributed by atoms with Gasteiger partial charge in [0.2, 0.25) is 0 Å². The zero-order valence-corrected chi connectivity index (χ0v) is 21.3. The van der Waals surface area contributed by atoms with Crippen molar-refractivity contribution in [3.8, 4) is 33.4 Å². The van der Waals surface area contributed by atoms with Crippen molar-refractivity contribution in [3.05, 3.63) is 121 Å². The van der Waals surface area contributed by atoms with E-state index in [1.54, 1.807) is 0 Å². The van der Waals surface area contributed by atoms with Gasteiger partial charge in [0.05, 0.1) is 11.0 Å². The molecule has 3 heteroatoms. The SMILES string of the molecule is c1ccc2c(c1)-c1cccc3c(-c4ccc5oc6c7ccccc7c7nc8ccccc8n7c6c5c4)ccc-2c13. The zero-order chi connectivity index (χ0) is 25.9. The molecule has 0 bridgehead atoms. The van der Waals surface area contributed by atoms with Crippen molar-refractivity contribution in [1.82, 2.24) is 9.38 Å². The molecular formula is C37H20N2O. The Bertz CT molecular complexity index is 2520. The fourth-order valence-electron chi connectivity index (χ4n) is 7.03. The van der Waals surface area contributed by atoms with Crippen molar-refractivity contribution in [1.29, 1.82) is 0 Å². The number of fused-ring (bicyclic) bond motifs is 13. The zero-order valence-electron chi connectivity index (χ0n) is 21.3. The molecule has 40 heavy (non-hydrogen) atoms. The lowest BCUT2D eigenvalue weighted by Crippen LogP contribution is -1.89. The Labute approximate surface area is 228 Å². The molecule has 1 aliphatic carbocycles. The van der Waals surface area contributed by atoms with Gasteiger partial charge in [-0.15, -0.1) is 0 Å². The molecule has 0 saturated carbocycles. The predicted octanol–water partition coefficient (Wildman–Crippen LogP) is 10.0. The van der Waals surface area contributed by atoms with Gasteiger partial charge in [-0.05, 0) is 68.4 Å². The molecule has 0 unspecified atom stereocenters. The van der Waals surface area contributed by atoms with Gasteiger partial charge in [0, 0.05) is 16.2 Å². The Balaban J connectivity index is 1.33. The quantitative estimate of drug-likeness (QED) is 0.221. The molecular weight excluding hydrogens is 488 g/mol. The molecule has 3 aromatic heterocycles. The Morgan fingerprint density at radius 2 is 1.23 bits per heavy atom. The van der Waals surface area contributed by atoms with Crippen molar-refractivity contribution in [2.75, 3.05) is 0 Å². The van der Waals surface area contributed by atoms with Gasteiger partial charge in [0.15, 0.2) is 5.58 Å². The van der Waals surface area contributed by atoms with Crippen LogP contribution in [-0.2, 0) is 0 Å². The smallest absolute Gasteiger partial charge is 0.160 e. The summed E-state index contributed by atoms with van der Waals surface area (Å²) < 4.78 is 8.90. The van der Waals surface area contributed by atoms with Crippen molar-refractivity contribution >= 4 is 60.3 Å². The first-order valence-electron chi connectivity index (χ1n) is 13.7. The van der Waals surface area contributed by atoms with Crippen LogP contribution in [0.3, 0.4) is 0 Å². The minimum absolute atomic E-state index is 0.882. The number of nitrogens with zero attached hydrogens (tertiary/aromatic N) is 2. The normalized spacial score (nSPS) is 12.5. The highest BCUT2D eigenvalue weighted by Gasteiger charge is 2.23. The Morgan fingerprint density at radius 1 is 0.525 bits per heavy atom. The van der Waals surface area contributed by atoms with Gasteiger partial charge in [-0.2, -0.15) is 0 Å². The van der Waals surface area contributed by atoms with E-state index in [2.05, 4.69) is 120 Å². The van der Waals surface area contributed by atoms with E-state index in [1.165, 1.54) is 44.2 Å². The van der Waals surface area contributed by atoms with Crippen LogP contribution in [0.15, 0.2) is 126 Å². The topological polar surface area (TPSA) is 30.4 Å². The first-order chi connectivity index (χ1) is 19.8. The lowest BCUT2D eigenvalue weighted by Gasteiger charge is -2.10. The first kappa shape index (κ1) is 20.5. The molecule has 10 rings (SSSR count). The average molecular weight is 509 g/mol. The number of pyridine rings is 1. The van der Waals surface area contributed by atoms with Crippen molar-refractivity contribution in [3.63, 3.8) is 0 Å². The summed E-state index contributed by atoms with van der Waals surface area (Å²) in [6.07, 6.45) is 0. The molecule has 0 aliphatic heterocycles. The van der Waals surface area contributed by atoms with Crippen molar-refractivity contribution in [2.24, 2.45) is 0 Å². The summed E-state index contributed by atoms with van der Waals surface area (Å²) in [4.78, 5) is 5.07. The third-order valence-electron chi connectivity index (χ3n) is 8.72. The lowest BCUT2D eigenvalue weighted by molar-refractivity contribution is 0.672. The fourth-order valence-corrected chi connectivity index (χ4v) is 7.03. The molecule has 6 aromatic carbocycles. The largest absolute Gasteiger partial charge is 0.454 e. The fraction of sp³-hybridized carbons (Fsp3) is 0. The van der Waals surface area contributed by atoms with Gasteiger partial charge in [-0.1, -0.05) is 97.1 Å². The minimum atomic E-state index is 0.882. The summed E-state index contributed by atoms with van der Waals surface area (Å²) in [6.45, 7) is 0. The van der Waals surface area contributed by atoms with Crippen LogP contribution in [0.4, 0.5) is 0 Å². The Hall–Kier alpha value is -5.41. The summed E-state index contributed by atoms with van der Waals surface area (Å²) in [6, 6.07) is 43.4. The van der Waals surface area contributed by atoms with Crippen LogP contribution >= 0.6 is 0 Å². The molecule has 3 heterocycles. The molecule has 0 spiro atoms. The summed E-state index contributed by atoms with van der Waals surface area (Å²) in [7, 11) is 0. The molecule has 0 N–H and O–H groups in total. The highest BCUT2D eigenvalue weighted by molar-refractivity contribution is 6.21. The molecule has 0 fully saturated rings. The summed E-state index contributed by atoms with van der Waals surface area (Å²) in [5.41, 5.74) is 13.6. The third kappa shape index (κ3) is 2.43. The third-order valence-corrected chi connectivity index (χ3v) is 8.72. The highest BCUT2D eigenvalue weighted by Crippen LogP contribution is 2.49. The lowest BCUT2D eigenvalue weighted by atomic mass is 9.94. The maximum Gasteiger partial charge on any atom is 0.160 e. The summed E-state index contributed by atoms with van der Waals surface area (Å²) in [5.74, 6) is 0. The Morgan fingerprint density at radius 3 is 2.12 bits per heavy atom. The molecule has 0 radical (unpaired) electrons. The standard InChI is InChI=1S/C37H20N2O/c1-2-9-24-23(8-1)26-13-7-12-25-22(17-18-27(24)34(25)26)21-16-19-33-30(20-21)35-36(40-33)28-10-3-4-11-29(28)37-38-31-14-5-6-15-32(31)39(35)37/h1-20H. The monoisotopic (exact) mass is 508 g/mol. The summed E-state index contributed by atoms with van der Waals surface area (Å²) in [5, 5.41) is 5.89. The first-order valence-corrected chi connectivity index (χ1v) is 13.7. The number of aromatic nitrogens is 2. The molecule has 184 valence electrons. The second kappa shape index (κ2) is 7.16. The van der Waals surface area contributed by atoms with E-state index in [9.17, 15) is 0 Å². The average Bonchev–Trinajstić information content (AvgIpc) is 3.68. The molecule has 1 aliphatic rings. The van der Waals surface area contributed by atoms with E-state index in [4.69, 9.17) is 9.40 Å². The molecule has 9 aromatic rings. The van der Waals surface area contributed by atoms with Gasteiger partial charge in [-0.3, -0.25) is 4.40 Å². The number of imidazole rings is 1. The molecule has 0 amide bonds. The van der Waals surface area contributed by atoms with E-state index in [0.717, 1.165) is 49.5 Å². The van der Waals surface area contributed by atoms with E-state index in [0.29, 0.717) is 0 Å². The van der Waals surface area contributed by atoms with Crippen molar-refractivity contribution < 1.29 is 4.42 Å². The second-order valence-corrected chi connectivity index (χ2v) is 10.7. The van der Waals surface area contributed by atoms with Crippen molar-refractivity contribution in [2.45, 2.75) is 0 Å². The van der Waals surface area contributed by atoms with Crippen LogP contribution in [0.5, 0.6) is 0 Å². The number of furan rings is 1. The second-order valence-electron chi connectivity index (χ2n) is 10.7. The number of hydrogen-bond donors (Lipinski definition) is 0. The Kier molecular flexibility index (Phi) is 3.68. The molecule has 0 atom stereocenters. The van der Waals surface area contributed by atoms with Crippen LogP contribution < -0.4 is 0 Å². The maximum atomic E-state index is 6.61. The summed E-state index contributed by atoms with van der Waals surface area (Å²) >= 11 is 0. The van der Waals surface area contributed by atoms with Crippen LogP contribution in [0.1, 0.15) is 0 Å².